The molecule has 1 nitrogen and oxygen atoms in total. The maximum Gasteiger partial charge on any atom is 0.165 e. The van der Waals surface area contributed by atoms with Gasteiger partial charge in [-0.05, 0) is 74.0 Å². The molecule has 2 heteroatoms. The summed E-state index contributed by atoms with van der Waals surface area (Å²) in [6.45, 7) is 2.31. The molecule has 0 radical (unpaired) electrons. The molecule has 0 aliphatic heterocycles. The third kappa shape index (κ3) is 7.15. The summed E-state index contributed by atoms with van der Waals surface area (Å²) in [6.07, 6.45) is 21.5. The first-order chi connectivity index (χ1) is 14.2. The van der Waals surface area contributed by atoms with Gasteiger partial charge in [0.2, 0.25) is 0 Å². The van der Waals surface area contributed by atoms with Crippen molar-refractivity contribution >= 4 is 0 Å². The van der Waals surface area contributed by atoms with Gasteiger partial charge in [-0.3, -0.25) is 0 Å². The highest BCUT2D eigenvalue weighted by molar-refractivity contribution is 5.29. The second-order valence-electron chi connectivity index (χ2n) is 9.58. The van der Waals surface area contributed by atoms with Crippen molar-refractivity contribution < 1.29 is 9.13 Å². The molecule has 1 aromatic carbocycles. The van der Waals surface area contributed by atoms with Crippen molar-refractivity contribution in [2.75, 3.05) is 7.11 Å². The molecule has 3 rings (SSSR count). The first-order valence-electron chi connectivity index (χ1n) is 12.2. The summed E-state index contributed by atoms with van der Waals surface area (Å²) < 4.78 is 18.8. The maximum atomic E-state index is 13.8. The van der Waals surface area contributed by atoms with Gasteiger partial charge in [-0.25, -0.2) is 4.39 Å². The molecule has 0 aromatic heterocycles. The van der Waals surface area contributed by atoms with E-state index in [0.717, 1.165) is 36.2 Å². The Kier molecular flexibility index (Phi) is 9.08. The van der Waals surface area contributed by atoms with Gasteiger partial charge >= 0.3 is 0 Å². The van der Waals surface area contributed by atoms with E-state index in [1.54, 1.807) is 17.7 Å². The van der Waals surface area contributed by atoms with Crippen LogP contribution in [-0.2, 0) is 6.42 Å². The average molecular weight is 401 g/mol. The van der Waals surface area contributed by atoms with Crippen LogP contribution < -0.4 is 4.74 Å². The molecule has 1 fully saturated rings. The molecule has 29 heavy (non-hydrogen) atoms. The quantitative estimate of drug-likeness (QED) is 0.359. The van der Waals surface area contributed by atoms with E-state index in [1.165, 1.54) is 84.2 Å². The molecule has 0 N–H and O–H groups in total. The number of aryl methyl sites for hydroxylation is 1. The van der Waals surface area contributed by atoms with Crippen LogP contribution in [0.4, 0.5) is 4.39 Å². The third-order valence-corrected chi connectivity index (χ3v) is 7.48. The van der Waals surface area contributed by atoms with Crippen molar-refractivity contribution in [1.29, 1.82) is 0 Å². The number of benzene rings is 1. The van der Waals surface area contributed by atoms with Crippen molar-refractivity contribution in [3.05, 3.63) is 41.2 Å². The standard InChI is InChI=1S/C27H41FO/c1-3-4-5-21-6-8-22(9-7-21)10-11-23-12-14-24(15-13-23)16-17-25-18-19-27(29-2)26(28)20-25/h14,18-23H,3-13,15-17H2,1-2H3. The van der Waals surface area contributed by atoms with Crippen LogP contribution in [0.5, 0.6) is 5.75 Å². The molecule has 1 saturated carbocycles. The summed E-state index contributed by atoms with van der Waals surface area (Å²) in [7, 11) is 1.51. The molecular formula is C27H41FO. The summed E-state index contributed by atoms with van der Waals surface area (Å²) in [5.74, 6) is 3.02. The van der Waals surface area contributed by atoms with Crippen molar-refractivity contribution in [3.63, 3.8) is 0 Å². The minimum atomic E-state index is -0.248. The summed E-state index contributed by atoms with van der Waals surface area (Å²) in [5, 5.41) is 0. The highest BCUT2D eigenvalue weighted by Crippen LogP contribution is 2.37. The molecule has 0 bridgehead atoms. The SMILES string of the molecule is CCCCC1CCC(CCC2CC=C(CCc3ccc(OC)c(F)c3)CC2)CC1. The normalized spacial score (nSPS) is 24.9. The molecular weight excluding hydrogens is 359 g/mol. The van der Waals surface area contributed by atoms with Gasteiger partial charge in [0.15, 0.2) is 11.6 Å². The minimum absolute atomic E-state index is 0.248. The van der Waals surface area contributed by atoms with Crippen LogP contribution in [0.25, 0.3) is 0 Å². The monoisotopic (exact) mass is 400 g/mol. The number of hydrogen-bond donors (Lipinski definition) is 0. The fourth-order valence-electron chi connectivity index (χ4n) is 5.38. The van der Waals surface area contributed by atoms with Crippen molar-refractivity contribution in [2.24, 2.45) is 17.8 Å². The summed E-state index contributed by atoms with van der Waals surface area (Å²) in [6, 6.07) is 5.36. The number of allylic oxidation sites excluding steroid dienone is 2. The van der Waals surface area contributed by atoms with Crippen LogP contribution in [0.15, 0.2) is 29.8 Å². The van der Waals surface area contributed by atoms with Gasteiger partial charge in [0.1, 0.15) is 0 Å². The fourth-order valence-corrected chi connectivity index (χ4v) is 5.38. The van der Waals surface area contributed by atoms with Gasteiger partial charge in [-0.15, -0.1) is 0 Å². The van der Waals surface area contributed by atoms with Gasteiger partial charge in [0.05, 0.1) is 7.11 Å². The fraction of sp³-hybridized carbons (Fsp3) is 0.704. The Morgan fingerprint density at radius 3 is 2.28 bits per heavy atom. The number of methoxy groups -OCH3 is 1. The van der Waals surface area contributed by atoms with Gasteiger partial charge in [0, 0.05) is 0 Å². The lowest BCUT2D eigenvalue weighted by molar-refractivity contribution is 0.235. The van der Waals surface area contributed by atoms with Crippen LogP contribution in [0.1, 0.15) is 96.0 Å². The van der Waals surface area contributed by atoms with Gasteiger partial charge in [-0.2, -0.15) is 0 Å². The zero-order valence-electron chi connectivity index (χ0n) is 18.7. The first kappa shape index (κ1) is 22.4. The van der Waals surface area contributed by atoms with E-state index in [4.69, 9.17) is 4.74 Å². The molecule has 2 aliphatic rings. The number of hydrogen-bond acceptors (Lipinski definition) is 1. The summed E-state index contributed by atoms with van der Waals surface area (Å²) in [4.78, 5) is 0. The number of unbranched alkanes of at least 4 members (excludes halogenated alkanes) is 1. The Bertz CT molecular complexity index is 642. The van der Waals surface area contributed by atoms with E-state index in [2.05, 4.69) is 13.0 Å². The highest BCUT2D eigenvalue weighted by atomic mass is 19.1. The molecule has 1 atom stereocenters. The molecule has 0 saturated heterocycles. The van der Waals surface area contributed by atoms with Crippen molar-refractivity contribution in [1.82, 2.24) is 0 Å². The van der Waals surface area contributed by atoms with Crippen molar-refractivity contribution in [3.8, 4) is 5.75 Å². The smallest absolute Gasteiger partial charge is 0.165 e. The number of rotatable bonds is 10. The maximum absolute atomic E-state index is 13.8. The van der Waals surface area contributed by atoms with E-state index >= 15 is 0 Å². The van der Waals surface area contributed by atoms with E-state index in [0.29, 0.717) is 5.75 Å². The zero-order valence-corrected chi connectivity index (χ0v) is 18.7. The lowest BCUT2D eigenvalue weighted by Gasteiger charge is -2.30. The lowest BCUT2D eigenvalue weighted by Crippen LogP contribution is -2.16. The molecule has 1 aromatic rings. The Hall–Kier alpha value is -1.31. The largest absolute Gasteiger partial charge is 0.494 e. The minimum Gasteiger partial charge on any atom is -0.494 e. The van der Waals surface area contributed by atoms with Crippen LogP contribution in [-0.4, -0.2) is 7.11 Å². The predicted octanol–water partition coefficient (Wildman–Crippen LogP) is 8.27. The van der Waals surface area contributed by atoms with E-state index in [1.807, 2.05) is 6.07 Å². The molecule has 0 amide bonds. The van der Waals surface area contributed by atoms with E-state index < -0.39 is 0 Å². The predicted molar refractivity (Wildman–Crippen MR) is 121 cm³/mol. The Labute approximate surface area is 178 Å². The van der Waals surface area contributed by atoms with Gasteiger partial charge < -0.3 is 4.74 Å². The highest BCUT2D eigenvalue weighted by Gasteiger charge is 2.22. The van der Waals surface area contributed by atoms with E-state index in [9.17, 15) is 4.39 Å². The zero-order chi connectivity index (χ0) is 20.5. The Morgan fingerprint density at radius 2 is 1.66 bits per heavy atom. The van der Waals surface area contributed by atoms with Crippen LogP contribution in [0.3, 0.4) is 0 Å². The average Bonchev–Trinajstić information content (AvgIpc) is 2.76. The lowest BCUT2D eigenvalue weighted by atomic mass is 9.76. The second-order valence-corrected chi connectivity index (χ2v) is 9.58. The van der Waals surface area contributed by atoms with Gasteiger partial charge in [0.25, 0.3) is 0 Å². The summed E-state index contributed by atoms with van der Waals surface area (Å²) in [5.41, 5.74) is 2.65. The Balaban J connectivity index is 1.33. The topological polar surface area (TPSA) is 9.23 Å². The second kappa shape index (κ2) is 11.8. The van der Waals surface area contributed by atoms with Crippen molar-refractivity contribution in [2.45, 2.75) is 96.8 Å². The molecule has 2 aliphatic carbocycles. The van der Waals surface area contributed by atoms with Crippen LogP contribution >= 0.6 is 0 Å². The Morgan fingerprint density at radius 1 is 0.931 bits per heavy atom. The third-order valence-electron chi connectivity index (χ3n) is 7.48. The molecule has 1 unspecified atom stereocenters. The van der Waals surface area contributed by atoms with Crippen LogP contribution in [0.2, 0.25) is 0 Å². The number of ether oxygens (including phenoxy) is 1. The first-order valence-corrected chi connectivity index (χ1v) is 12.2. The van der Waals surface area contributed by atoms with E-state index in [-0.39, 0.29) is 5.82 Å². The summed E-state index contributed by atoms with van der Waals surface area (Å²) >= 11 is 0. The number of halogens is 1. The molecule has 0 heterocycles. The molecule has 0 spiro atoms. The molecule has 162 valence electrons. The van der Waals surface area contributed by atoms with Gasteiger partial charge in [-0.1, -0.05) is 76.0 Å². The van der Waals surface area contributed by atoms with Crippen LogP contribution in [0, 0.1) is 23.6 Å².